The monoisotopic (exact) mass is 327 g/mol. The van der Waals surface area contributed by atoms with Gasteiger partial charge in [0.1, 0.15) is 18.6 Å². The first-order chi connectivity index (χ1) is 11.0. The molecule has 0 radical (unpaired) electrons. The van der Waals surface area contributed by atoms with E-state index in [2.05, 4.69) is 9.72 Å². The summed E-state index contributed by atoms with van der Waals surface area (Å²) < 4.78 is 49.6. The molecule has 1 unspecified atom stereocenters. The summed E-state index contributed by atoms with van der Waals surface area (Å²) in [6.45, 7) is 0.395. The molecule has 2 aromatic rings. The fraction of sp³-hybridized carbons (Fsp3) is 0.200. The van der Waals surface area contributed by atoms with Crippen LogP contribution in [-0.4, -0.2) is 24.4 Å². The van der Waals surface area contributed by atoms with Crippen molar-refractivity contribution in [2.75, 3.05) is 6.61 Å². The second kappa shape index (κ2) is 7.48. The zero-order chi connectivity index (χ0) is 16.7. The topological polar surface area (TPSA) is 61.6 Å². The summed E-state index contributed by atoms with van der Waals surface area (Å²) in [5.41, 5.74) is 1.22. The van der Waals surface area contributed by atoms with E-state index in [-0.39, 0.29) is 18.3 Å². The van der Waals surface area contributed by atoms with E-state index in [4.69, 9.17) is 9.15 Å². The van der Waals surface area contributed by atoms with E-state index in [1.165, 1.54) is 36.9 Å². The average molecular weight is 327 g/mol. The van der Waals surface area contributed by atoms with E-state index in [0.29, 0.717) is 17.7 Å². The molecule has 1 atom stereocenters. The summed E-state index contributed by atoms with van der Waals surface area (Å²) in [6.07, 6.45) is 1.33. The van der Waals surface area contributed by atoms with E-state index < -0.39 is 6.36 Å². The molecule has 0 aliphatic carbocycles. The van der Waals surface area contributed by atoms with E-state index in [0.717, 1.165) is 0 Å². The lowest BCUT2D eigenvalue weighted by Gasteiger charge is -2.09. The van der Waals surface area contributed by atoms with Crippen molar-refractivity contribution < 1.29 is 31.9 Å². The van der Waals surface area contributed by atoms with Crippen molar-refractivity contribution in [1.82, 2.24) is 4.98 Å². The Balaban J connectivity index is 2.06. The van der Waals surface area contributed by atoms with Gasteiger partial charge in [0.15, 0.2) is 6.39 Å². The first-order valence-electron chi connectivity index (χ1n) is 6.45. The average Bonchev–Trinajstić information content (AvgIpc) is 3.01. The van der Waals surface area contributed by atoms with Crippen LogP contribution >= 0.6 is 0 Å². The van der Waals surface area contributed by atoms with E-state index >= 15 is 0 Å². The van der Waals surface area contributed by atoms with E-state index in [9.17, 15) is 18.0 Å². The third-order valence-corrected chi connectivity index (χ3v) is 2.81. The van der Waals surface area contributed by atoms with Crippen molar-refractivity contribution in [3.63, 3.8) is 0 Å². The van der Waals surface area contributed by atoms with Crippen LogP contribution in [0.5, 0.6) is 5.75 Å². The van der Waals surface area contributed by atoms with Gasteiger partial charge in [0, 0.05) is 0 Å². The maximum Gasteiger partial charge on any atom is 0.573 e. The highest BCUT2D eigenvalue weighted by Gasteiger charge is 2.30. The predicted octanol–water partition coefficient (Wildman–Crippen LogP) is 3.54. The molecule has 1 aromatic heterocycles. The Hall–Kier alpha value is -2.77. The highest BCUT2D eigenvalue weighted by molar-refractivity contribution is 5.52. The van der Waals surface area contributed by atoms with Crippen LogP contribution in [0.25, 0.3) is 6.08 Å². The Bertz CT molecular complexity index is 636. The molecular weight excluding hydrogens is 315 g/mol. The summed E-state index contributed by atoms with van der Waals surface area (Å²) >= 11 is 0. The number of benzene rings is 1. The number of hydrogen-bond acceptors (Lipinski definition) is 5. The van der Waals surface area contributed by atoms with Crippen molar-refractivity contribution in [1.29, 1.82) is 0 Å². The number of aromatic nitrogens is 1. The zero-order valence-electron chi connectivity index (χ0n) is 11.7. The number of carbonyl (C=O) groups is 1. The molecule has 0 fully saturated rings. The zero-order valence-corrected chi connectivity index (χ0v) is 11.7. The van der Waals surface area contributed by atoms with Gasteiger partial charge in [-0.05, 0) is 17.7 Å². The van der Waals surface area contributed by atoms with Crippen molar-refractivity contribution in [2.45, 2.75) is 12.3 Å². The molecule has 1 aromatic carbocycles. The third-order valence-electron chi connectivity index (χ3n) is 2.81. The number of hydrogen-bond donors (Lipinski definition) is 0. The fourth-order valence-electron chi connectivity index (χ4n) is 1.80. The van der Waals surface area contributed by atoms with Crippen molar-refractivity contribution in [3.8, 4) is 5.75 Å². The van der Waals surface area contributed by atoms with Crippen LogP contribution in [0.15, 0.2) is 47.4 Å². The van der Waals surface area contributed by atoms with Crippen LogP contribution in [0.3, 0.4) is 0 Å². The van der Waals surface area contributed by atoms with Crippen LogP contribution in [0.1, 0.15) is 17.2 Å². The number of oxazole rings is 1. The summed E-state index contributed by atoms with van der Waals surface area (Å²) in [6, 6.07) is 5.36. The lowest BCUT2D eigenvalue weighted by molar-refractivity contribution is -0.274. The van der Waals surface area contributed by atoms with Gasteiger partial charge in [0.2, 0.25) is 0 Å². The first-order valence-corrected chi connectivity index (χ1v) is 6.45. The minimum absolute atomic E-state index is 0.0712. The third kappa shape index (κ3) is 5.50. The number of halogens is 3. The molecule has 122 valence electrons. The van der Waals surface area contributed by atoms with Gasteiger partial charge in [-0.1, -0.05) is 24.3 Å². The largest absolute Gasteiger partial charge is 0.573 e. The Kier molecular flexibility index (Phi) is 5.40. The second-order valence-electron chi connectivity index (χ2n) is 4.43. The van der Waals surface area contributed by atoms with Crippen LogP contribution in [0, 0.1) is 0 Å². The Labute approximate surface area is 129 Å². The van der Waals surface area contributed by atoms with Gasteiger partial charge in [0.25, 0.3) is 6.47 Å². The van der Waals surface area contributed by atoms with Gasteiger partial charge in [-0.25, -0.2) is 4.98 Å². The summed E-state index contributed by atoms with van der Waals surface area (Å²) in [5, 5.41) is 0. The second-order valence-corrected chi connectivity index (χ2v) is 4.43. The minimum Gasteiger partial charge on any atom is -0.467 e. The minimum atomic E-state index is -4.72. The van der Waals surface area contributed by atoms with Gasteiger partial charge >= 0.3 is 6.36 Å². The molecule has 0 spiro atoms. The Morgan fingerprint density at radius 1 is 1.26 bits per heavy atom. The molecule has 0 saturated heterocycles. The number of rotatable bonds is 7. The molecule has 0 N–H and O–H groups in total. The maximum atomic E-state index is 12.1. The fourth-order valence-corrected chi connectivity index (χ4v) is 1.80. The van der Waals surface area contributed by atoms with Gasteiger partial charge in [-0.3, -0.25) is 4.79 Å². The van der Waals surface area contributed by atoms with Gasteiger partial charge in [-0.2, -0.15) is 0 Å². The molecule has 1 heterocycles. The van der Waals surface area contributed by atoms with E-state index in [1.807, 2.05) is 0 Å². The summed E-state index contributed by atoms with van der Waals surface area (Å²) in [4.78, 5) is 14.3. The van der Waals surface area contributed by atoms with Crippen molar-refractivity contribution >= 4 is 12.5 Å². The number of alkyl halides is 3. The van der Waals surface area contributed by atoms with Crippen LogP contribution in [-0.2, 0) is 9.53 Å². The summed E-state index contributed by atoms with van der Waals surface area (Å²) in [7, 11) is 0. The molecule has 0 aliphatic heterocycles. The molecule has 8 heteroatoms. The van der Waals surface area contributed by atoms with Gasteiger partial charge in [-0.15, -0.1) is 13.2 Å². The molecule has 0 aliphatic rings. The number of ether oxygens (including phenoxy) is 2. The number of carbonyl (C=O) groups excluding carboxylic acids is 1. The number of nitrogens with zero attached hydrogens (tertiary/aromatic N) is 1. The van der Waals surface area contributed by atoms with E-state index in [1.54, 1.807) is 12.2 Å². The highest BCUT2D eigenvalue weighted by Crippen LogP contribution is 2.23. The molecule has 5 nitrogen and oxygen atoms in total. The quantitative estimate of drug-likeness (QED) is 0.728. The van der Waals surface area contributed by atoms with Crippen molar-refractivity contribution in [2.24, 2.45) is 0 Å². The normalized spacial score (nSPS) is 13.0. The van der Waals surface area contributed by atoms with Gasteiger partial charge < -0.3 is 13.9 Å². The maximum absolute atomic E-state index is 12.1. The molecular formula is C15H12F3NO4. The highest BCUT2D eigenvalue weighted by atomic mass is 19.4. The van der Waals surface area contributed by atoms with Crippen LogP contribution in [0.4, 0.5) is 13.2 Å². The lowest BCUT2D eigenvalue weighted by atomic mass is 10.1. The lowest BCUT2D eigenvalue weighted by Crippen LogP contribution is -2.16. The predicted molar refractivity (Wildman–Crippen MR) is 73.4 cm³/mol. The smallest absolute Gasteiger partial charge is 0.467 e. The van der Waals surface area contributed by atoms with Gasteiger partial charge in [0.05, 0.1) is 11.6 Å². The Morgan fingerprint density at radius 2 is 2.00 bits per heavy atom. The van der Waals surface area contributed by atoms with Crippen LogP contribution in [0.2, 0.25) is 0 Å². The standard InChI is InChI=1S/C15H12F3NO4/c16-15(17,18)23-13-5-2-11(3-6-13)1-4-12(7-22-10-20)14-8-21-9-19-14/h1-6,8-10,12H,7H2. The molecule has 23 heavy (non-hydrogen) atoms. The summed E-state index contributed by atoms with van der Waals surface area (Å²) in [5.74, 6) is -0.628. The van der Waals surface area contributed by atoms with Crippen molar-refractivity contribution in [3.05, 3.63) is 54.3 Å². The Morgan fingerprint density at radius 3 is 2.57 bits per heavy atom. The SMILES string of the molecule is O=COCC(C=Cc1ccc(OC(F)(F)F)cc1)c1cocn1. The molecule has 2 rings (SSSR count). The molecule has 0 amide bonds. The molecule has 0 bridgehead atoms. The first kappa shape index (κ1) is 16.6. The molecule has 0 saturated carbocycles. The van der Waals surface area contributed by atoms with Crippen LogP contribution < -0.4 is 4.74 Å².